The van der Waals surface area contributed by atoms with Crippen LogP contribution in [0.5, 0.6) is 0 Å². The maximum absolute atomic E-state index is 5.20. The van der Waals surface area contributed by atoms with Crippen LogP contribution in [0.2, 0.25) is 0 Å². The summed E-state index contributed by atoms with van der Waals surface area (Å²) in [6.45, 7) is 10.5. The van der Waals surface area contributed by atoms with E-state index in [2.05, 4.69) is 0 Å². The monoisotopic (exact) mass is 546 g/mol. The van der Waals surface area contributed by atoms with Gasteiger partial charge in [0.25, 0.3) is 0 Å². The summed E-state index contributed by atoms with van der Waals surface area (Å²) in [6.07, 6.45) is 3.74. The van der Waals surface area contributed by atoms with E-state index in [0.29, 0.717) is 26.4 Å². The molecule has 0 bridgehead atoms. The van der Waals surface area contributed by atoms with Crippen molar-refractivity contribution in [1.82, 2.24) is 0 Å². The van der Waals surface area contributed by atoms with Crippen LogP contribution in [0, 0.1) is 0 Å². The molecule has 0 aliphatic rings. The molecule has 0 atom stereocenters. The van der Waals surface area contributed by atoms with Gasteiger partial charge in [0.15, 0.2) is 0 Å². The van der Waals surface area contributed by atoms with Crippen molar-refractivity contribution in [2.75, 3.05) is 26.4 Å². The molecule has 0 amide bonds. The van der Waals surface area contributed by atoms with Gasteiger partial charge in [-0.05, 0) is 25.7 Å². The quantitative estimate of drug-likeness (QED) is 0.196. The third kappa shape index (κ3) is 24.6. The molecule has 0 aliphatic carbocycles. The molecule has 0 heterocycles. The van der Waals surface area contributed by atoms with Crippen LogP contribution in [0.1, 0.15) is 53.4 Å². The van der Waals surface area contributed by atoms with Gasteiger partial charge in [-0.2, -0.15) is 0 Å². The Kier molecular flexibility index (Phi) is 25.6. The molecule has 0 aromatic heterocycles. The second-order valence-electron chi connectivity index (χ2n) is 4.23. The first kappa shape index (κ1) is 30.4. The number of hydrogen-bond acceptors (Lipinski definition) is 8. The molecule has 138 valence electrons. The van der Waals surface area contributed by atoms with Crippen LogP contribution in [0.15, 0.2) is 0 Å². The molecule has 0 unspecified atom stereocenters. The zero-order valence-corrected chi connectivity index (χ0v) is 22.2. The Morgan fingerprint density at radius 3 is 0.913 bits per heavy atom. The van der Waals surface area contributed by atoms with E-state index in [0.717, 1.165) is 25.7 Å². The minimum Gasteiger partial charge on any atom is -0.691 e. The van der Waals surface area contributed by atoms with Crippen LogP contribution in [0.3, 0.4) is 0 Å². The third-order valence-corrected chi connectivity index (χ3v) is 6.34. The molecule has 0 rings (SSSR count). The van der Waals surface area contributed by atoms with Crippen molar-refractivity contribution in [2.45, 2.75) is 53.4 Å². The largest absolute Gasteiger partial charge is 2.00 e. The van der Waals surface area contributed by atoms with Gasteiger partial charge in [-0.3, -0.25) is 0 Å². The standard InChI is InChI=1S/2C6H15O2PS2.Sn/c2*1-3-5-7-9(10,11)8-6-4-2;/h2*3-6H2,1-2H3,(H,10,11);/q;;+2/p-2. The Balaban J connectivity index is -0.000000333. The van der Waals surface area contributed by atoms with Gasteiger partial charge in [0.1, 0.15) is 0 Å². The predicted molar refractivity (Wildman–Crippen MR) is 114 cm³/mol. The van der Waals surface area contributed by atoms with E-state index >= 15 is 0 Å². The fourth-order valence-corrected chi connectivity index (χ4v) is 4.45. The van der Waals surface area contributed by atoms with Crippen LogP contribution < -0.4 is 0 Å². The van der Waals surface area contributed by atoms with E-state index in [4.69, 9.17) is 66.2 Å². The Labute approximate surface area is 180 Å². The second kappa shape index (κ2) is 19.4. The average Bonchev–Trinajstić information content (AvgIpc) is 2.48. The van der Waals surface area contributed by atoms with Crippen molar-refractivity contribution in [1.29, 1.82) is 0 Å². The molecule has 0 spiro atoms. The molecule has 0 N–H and O–H groups in total. The maximum Gasteiger partial charge on any atom is 2.00 e. The van der Waals surface area contributed by atoms with Gasteiger partial charge in [-0.15, -0.1) is 0 Å². The summed E-state index contributed by atoms with van der Waals surface area (Å²) < 4.78 is 20.8. The van der Waals surface area contributed by atoms with E-state index in [-0.39, 0.29) is 23.9 Å². The van der Waals surface area contributed by atoms with Crippen LogP contribution in [-0.4, -0.2) is 50.3 Å². The van der Waals surface area contributed by atoms with Crippen LogP contribution in [0.4, 0.5) is 0 Å². The first-order valence-electron chi connectivity index (χ1n) is 7.44. The molecular formula is C12H28O4P2S4Sn. The average molecular weight is 545 g/mol. The summed E-state index contributed by atoms with van der Waals surface area (Å²) in [4.78, 5) is 0. The summed E-state index contributed by atoms with van der Waals surface area (Å²) in [7, 11) is 0. The molecule has 0 saturated heterocycles. The Morgan fingerprint density at radius 1 is 0.609 bits per heavy atom. The summed E-state index contributed by atoms with van der Waals surface area (Å²) in [6, 6.07) is 0. The Morgan fingerprint density at radius 2 is 0.783 bits per heavy atom. The Hall–Kier alpha value is 2.64. The van der Waals surface area contributed by atoms with Gasteiger partial charge in [0.2, 0.25) is 0 Å². The van der Waals surface area contributed by atoms with Crippen LogP contribution in [-0.2, 0) is 66.2 Å². The minimum atomic E-state index is -2.31. The third-order valence-electron chi connectivity index (χ3n) is 1.81. The van der Waals surface area contributed by atoms with Crippen molar-refractivity contribution in [3.8, 4) is 0 Å². The van der Waals surface area contributed by atoms with Crippen molar-refractivity contribution in [3.63, 3.8) is 0 Å². The minimum absolute atomic E-state index is 0. The number of hydrogen-bond donors (Lipinski definition) is 0. The topological polar surface area (TPSA) is 36.9 Å². The van der Waals surface area contributed by atoms with Gasteiger partial charge in [-0.25, -0.2) is 0 Å². The first-order chi connectivity index (χ1) is 10.2. The van der Waals surface area contributed by atoms with Gasteiger partial charge >= 0.3 is 23.9 Å². The van der Waals surface area contributed by atoms with Gasteiger partial charge < -0.3 is 42.6 Å². The fourth-order valence-electron chi connectivity index (χ4n) is 0.887. The van der Waals surface area contributed by atoms with Crippen molar-refractivity contribution in [3.05, 3.63) is 0 Å². The van der Waals surface area contributed by atoms with Gasteiger partial charge in [0.05, 0.1) is 37.8 Å². The summed E-state index contributed by atoms with van der Waals surface area (Å²) >= 11 is 19.8. The Bertz CT molecular complexity index is 295. The second-order valence-corrected chi connectivity index (χ2v) is 14.2. The first-order valence-corrected chi connectivity index (χ1v) is 14.7. The zero-order valence-electron chi connectivity index (χ0n) is 14.3. The normalized spacial score (nSPS) is 11.4. The number of rotatable bonds is 12. The van der Waals surface area contributed by atoms with Crippen LogP contribution >= 0.6 is 11.4 Å². The summed E-state index contributed by atoms with van der Waals surface area (Å²) in [5.41, 5.74) is -4.62. The van der Waals surface area contributed by atoms with Crippen molar-refractivity contribution < 1.29 is 18.1 Å². The molecule has 23 heavy (non-hydrogen) atoms. The molecule has 4 nitrogen and oxygen atoms in total. The molecule has 11 heteroatoms. The molecule has 0 saturated carbocycles. The van der Waals surface area contributed by atoms with E-state index in [1.807, 2.05) is 27.7 Å². The van der Waals surface area contributed by atoms with E-state index in [1.54, 1.807) is 0 Å². The van der Waals surface area contributed by atoms with Crippen molar-refractivity contribution >= 4 is 83.4 Å². The van der Waals surface area contributed by atoms with Crippen LogP contribution in [0.25, 0.3) is 0 Å². The molecular weight excluding hydrogens is 517 g/mol. The molecule has 0 aromatic carbocycles. The molecule has 0 aliphatic heterocycles. The van der Waals surface area contributed by atoms with E-state index in [9.17, 15) is 0 Å². The fraction of sp³-hybridized carbons (Fsp3) is 1.00. The van der Waals surface area contributed by atoms with Gasteiger partial charge in [0, 0.05) is 0 Å². The molecule has 0 fully saturated rings. The van der Waals surface area contributed by atoms with E-state index in [1.165, 1.54) is 0 Å². The smallest absolute Gasteiger partial charge is 0.691 e. The zero-order chi connectivity index (χ0) is 17.5. The molecule has 0 aromatic rings. The van der Waals surface area contributed by atoms with Gasteiger partial charge in [-0.1, -0.05) is 51.3 Å². The SMILES string of the molecule is CCCOP(=S)([S-])OCCC.CCCOP(=S)([S-])OCCC.[Sn+2]. The summed E-state index contributed by atoms with van der Waals surface area (Å²) in [5.74, 6) is 0. The predicted octanol–water partition coefficient (Wildman–Crippen LogP) is 4.84. The summed E-state index contributed by atoms with van der Waals surface area (Å²) in [5, 5.41) is 0. The van der Waals surface area contributed by atoms with E-state index < -0.39 is 11.4 Å². The van der Waals surface area contributed by atoms with Crippen molar-refractivity contribution in [2.24, 2.45) is 0 Å². The molecule has 2 radical (unpaired) electrons. The maximum atomic E-state index is 5.20.